The summed E-state index contributed by atoms with van der Waals surface area (Å²) >= 11 is 0. The fourth-order valence-electron chi connectivity index (χ4n) is 2.90. The minimum atomic E-state index is 0.182. The number of nitrogens with zero attached hydrogens (tertiary/aromatic N) is 2. The fourth-order valence-corrected chi connectivity index (χ4v) is 2.90. The lowest BCUT2D eigenvalue weighted by Gasteiger charge is -2.32. The number of aliphatic hydroxyl groups is 1. The Bertz CT molecular complexity index is 615. The minimum Gasteiger partial charge on any atom is -0.489 e. The second kappa shape index (κ2) is 6.28. The Hall–Kier alpha value is -1.85. The van der Waals surface area contributed by atoms with Gasteiger partial charge in [-0.3, -0.25) is 4.90 Å². The van der Waals surface area contributed by atoms with Gasteiger partial charge in [-0.2, -0.15) is 0 Å². The van der Waals surface area contributed by atoms with Crippen LogP contribution in [-0.2, 0) is 0 Å². The topological polar surface area (TPSA) is 71.6 Å². The van der Waals surface area contributed by atoms with Crippen LogP contribution in [0.5, 0.6) is 5.75 Å². The molecule has 0 bridgehead atoms. The standard InChI is InChI=1S/C16H21N3O2/c17-16-15-4-3-13(10-12(15)5-6-18-16)21-14-2-1-7-19(11-14)8-9-20/h3-6,10,14,20H,1-2,7-9,11H2,(H2,17,18). The van der Waals surface area contributed by atoms with Crippen molar-refractivity contribution < 1.29 is 9.84 Å². The van der Waals surface area contributed by atoms with Gasteiger partial charge in [-0.25, -0.2) is 4.98 Å². The molecule has 1 aromatic carbocycles. The molecule has 5 heteroatoms. The molecule has 1 saturated heterocycles. The number of fused-ring (bicyclic) bond motifs is 1. The number of benzene rings is 1. The Labute approximate surface area is 124 Å². The molecule has 1 fully saturated rings. The van der Waals surface area contributed by atoms with E-state index in [2.05, 4.69) is 9.88 Å². The van der Waals surface area contributed by atoms with Gasteiger partial charge in [-0.15, -0.1) is 0 Å². The summed E-state index contributed by atoms with van der Waals surface area (Å²) in [6.45, 7) is 2.84. The molecule has 1 aliphatic heterocycles. The van der Waals surface area contributed by atoms with Crippen LogP contribution in [0, 0.1) is 0 Å². The molecule has 0 saturated carbocycles. The van der Waals surface area contributed by atoms with Gasteiger partial charge in [-0.1, -0.05) is 0 Å². The Morgan fingerprint density at radius 1 is 1.38 bits per heavy atom. The lowest BCUT2D eigenvalue weighted by Crippen LogP contribution is -2.42. The van der Waals surface area contributed by atoms with Crippen LogP contribution < -0.4 is 10.5 Å². The summed E-state index contributed by atoms with van der Waals surface area (Å²) in [7, 11) is 0. The Balaban J connectivity index is 1.72. The third-order valence-corrected chi connectivity index (χ3v) is 3.95. The zero-order chi connectivity index (χ0) is 14.7. The van der Waals surface area contributed by atoms with Gasteiger partial charge in [0.1, 0.15) is 17.7 Å². The zero-order valence-corrected chi connectivity index (χ0v) is 12.0. The van der Waals surface area contributed by atoms with E-state index in [-0.39, 0.29) is 12.7 Å². The molecule has 1 atom stereocenters. The number of ether oxygens (including phenoxy) is 1. The number of hydrogen-bond acceptors (Lipinski definition) is 5. The van der Waals surface area contributed by atoms with Crippen molar-refractivity contribution in [2.45, 2.75) is 18.9 Å². The number of anilines is 1. The van der Waals surface area contributed by atoms with Crippen molar-refractivity contribution in [3.63, 3.8) is 0 Å². The highest BCUT2D eigenvalue weighted by Gasteiger charge is 2.20. The number of likely N-dealkylation sites (tertiary alicyclic amines) is 1. The third kappa shape index (κ3) is 3.25. The highest BCUT2D eigenvalue weighted by molar-refractivity contribution is 5.91. The smallest absolute Gasteiger partial charge is 0.131 e. The summed E-state index contributed by atoms with van der Waals surface area (Å²) in [6, 6.07) is 7.86. The molecule has 1 aliphatic rings. The number of hydrogen-bond donors (Lipinski definition) is 2. The first-order valence-electron chi connectivity index (χ1n) is 7.40. The van der Waals surface area contributed by atoms with E-state index < -0.39 is 0 Å². The third-order valence-electron chi connectivity index (χ3n) is 3.95. The maximum absolute atomic E-state index is 9.04. The van der Waals surface area contributed by atoms with Crippen molar-refractivity contribution in [1.82, 2.24) is 9.88 Å². The molecule has 1 aromatic heterocycles. The Morgan fingerprint density at radius 3 is 3.14 bits per heavy atom. The lowest BCUT2D eigenvalue weighted by atomic mass is 10.1. The van der Waals surface area contributed by atoms with Gasteiger partial charge in [0.05, 0.1) is 6.61 Å². The molecule has 0 aliphatic carbocycles. The van der Waals surface area contributed by atoms with Crippen LogP contribution in [0.3, 0.4) is 0 Å². The van der Waals surface area contributed by atoms with Gasteiger partial charge in [-0.05, 0) is 49.0 Å². The van der Waals surface area contributed by atoms with Gasteiger partial charge in [0.15, 0.2) is 0 Å². The number of nitrogen functional groups attached to an aromatic ring is 1. The molecule has 0 amide bonds. The van der Waals surface area contributed by atoms with Crippen LogP contribution >= 0.6 is 0 Å². The van der Waals surface area contributed by atoms with Crippen LogP contribution in [0.2, 0.25) is 0 Å². The van der Waals surface area contributed by atoms with E-state index in [1.54, 1.807) is 6.20 Å². The van der Waals surface area contributed by atoms with Crippen LogP contribution in [0.15, 0.2) is 30.5 Å². The average Bonchev–Trinajstić information content (AvgIpc) is 2.48. The monoisotopic (exact) mass is 287 g/mol. The van der Waals surface area contributed by atoms with Crippen LogP contribution in [-0.4, -0.2) is 47.3 Å². The second-order valence-electron chi connectivity index (χ2n) is 5.49. The number of piperidine rings is 1. The van der Waals surface area contributed by atoms with Crippen LogP contribution in [0.25, 0.3) is 10.8 Å². The summed E-state index contributed by atoms with van der Waals surface area (Å²) in [4.78, 5) is 6.34. The predicted octanol–water partition coefficient (Wildman–Crippen LogP) is 1.65. The predicted molar refractivity (Wildman–Crippen MR) is 83.3 cm³/mol. The number of aromatic nitrogens is 1. The number of nitrogens with two attached hydrogens (primary N) is 1. The van der Waals surface area contributed by atoms with Crippen molar-refractivity contribution in [2.75, 3.05) is 32.0 Å². The molecule has 5 nitrogen and oxygen atoms in total. The molecule has 3 rings (SSSR count). The number of pyridine rings is 1. The van der Waals surface area contributed by atoms with Crippen molar-refractivity contribution in [3.8, 4) is 5.75 Å². The molecule has 3 N–H and O–H groups in total. The van der Waals surface area contributed by atoms with Gasteiger partial charge in [0.25, 0.3) is 0 Å². The van der Waals surface area contributed by atoms with Crippen molar-refractivity contribution in [3.05, 3.63) is 30.5 Å². The van der Waals surface area contributed by atoms with E-state index in [4.69, 9.17) is 15.6 Å². The average molecular weight is 287 g/mol. The SMILES string of the molecule is Nc1nccc2cc(OC3CCCN(CCO)C3)ccc12. The Morgan fingerprint density at radius 2 is 2.29 bits per heavy atom. The molecule has 21 heavy (non-hydrogen) atoms. The zero-order valence-electron chi connectivity index (χ0n) is 12.0. The maximum atomic E-state index is 9.04. The highest BCUT2D eigenvalue weighted by atomic mass is 16.5. The second-order valence-corrected chi connectivity index (χ2v) is 5.49. The fraction of sp³-hybridized carbons (Fsp3) is 0.438. The first-order chi connectivity index (χ1) is 10.3. The van der Waals surface area contributed by atoms with E-state index in [1.807, 2.05) is 24.3 Å². The van der Waals surface area contributed by atoms with Gasteiger partial charge in [0, 0.05) is 24.7 Å². The molecule has 112 valence electrons. The molecule has 0 spiro atoms. The summed E-state index contributed by atoms with van der Waals surface area (Å²) in [5.74, 6) is 1.41. The highest BCUT2D eigenvalue weighted by Crippen LogP contribution is 2.25. The van der Waals surface area contributed by atoms with Gasteiger partial charge >= 0.3 is 0 Å². The molecular weight excluding hydrogens is 266 g/mol. The van der Waals surface area contributed by atoms with Gasteiger partial charge in [0.2, 0.25) is 0 Å². The molecular formula is C16H21N3O2. The van der Waals surface area contributed by atoms with E-state index in [0.717, 1.165) is 49.0 Å². The summed E-state index contributed by atoms with van der Waals surface area (Å²) in [5.41, 5.74) is 5.86. The van der Waals surface area contributed by atoms with Crippen molar-refractivity contribution in [1.29, 1.82) is 0 Å². The van der Waals surface area contributed by atoms with Crippen LogP contribution in [0.1, 0.15) is 12.8 Å². The van der Waals surface area contributed by atoms with Gasteiger partial charge < -0.3 is 15.6 Å². The number of aliphatic hydroxyl groups excluding tert-OH is 1. The van der Waals surface area contributed by atoms with Crippen molar-refractivity contribution >= 4 is 16.6 Å². The van der Waals surface area contributed by atoms with Crippen LogP contribution in [0.4, 0.5) is 5.82 Å². The summed E-state index contributed by atoms with van der Waals surface area (Å²) in [5, 5.41) is 11.0. The number of β-amino-alcohol motifs (C(OH)–C–C–N with tert-alkyl or cyclic N) is 1. The summed E-state index contributed by atoms with van der Waals surface area (Å²) < 4.78 is 6.10. The number of rotatable bonds is 4. The normalized spacial score (nSPS) is 19.8. The molecule has 2 aromatic rings. The van der Waals surface area contributed by atoms with E-state index >= 15 is 0 Å². The maximum Gasteiger partial charge on any atom is 0.131 e. The first kappa shape index (κ1) is 14.1. The minimum absolute atomic E-state index is 0.182. The summed E-state index contributed by atoms with van der Waals surface area (Å²) in [6.07, 6.45) is 4.06. The quantitative estimate of drug-likeness (QED) is 0.894. The molecule has 1 unspecified atom stereocenters. The van der Waals surface area contributed by atoms with E-state index in [0.29, 0.717) is 5.82 Å². The largest absolute Gasteiger partial charge is 0.489 e. The lowest BCUT2D eigenvalue weighted by molar-refractivity contribution is 0.0769. The van der Waals surface area contributed by atoms with E-state index in [1.165, 1.54) is 0 Å². The Kier molecular flexibility index (Phi) is 4.22. The van der Waals surface area contributed by atoms with Crippen molar-refractivity contribution in [2.24, 2.45) is 0 Å². The molecule has 2 heterocycles. The van der Waals surface area contributed by atoms with E-state index in [9.17, 15) is 0 Å². The molecule has 0 radical (unpaired) electrons. The first-order valence-corrected chi connectivity index (χ1v) is 7.40.